The fourth-order valence-corrected chi connectivity index (χ4v) is 1.31. The van der Waals surface area contributed by atoms with E-state index in [4.69, 9.17) is 5.73 Å². The van der Waals surface area contributed by atoms with E-state index in [-0.39, 0.29) is 5.78 Å². The van der Waals surface area contributed by atoms with E-state index in [0.29, 0.717) is 19.4 Å². The van der Waals surface area contributed by atoms with Gasteiger partial charge in [0.25, 0.3) is 0 Å². The fraction of sp³-hybridized carbons (Fsp3) is 0.636. The molecule has 0 atom stereocenters. The Morgan fingerprint density at radius 2 is 2.27 bits per heavy atom. The maximum absolute atomic E-state index is 11.8. The molecule has 15 heavy (non-hydrogen) atoms. The van der Waals surface area contributed by atoms with Crippen LogP contribution >= 0.6 is 0 Å². The summed E-state index contributed by atoms with van der Waals surface area (Å²) in [7, 11) is 1.93. The molecular formula is C11H19N3O. The number of carbonyl (C=O) groups is 1. The molecule has 1 aromatic rings. The van der Waals surface area contributed by atoms with Crippen molar-refractivity contribution in [1.29, 1.82) is 0 Å². The number of nitrogens with two attached hydrogens (primary N) is 1. The smallest absolute Gasteiger partial charge is 0.140 e. The lowest BCUT2D eigenvalue weighted by molar-refractivity contribution is -0.126. The maximum atomic E-state index is 11.8. The molecule has 1 rings (SSSR count). The molecule has 0 aliphatic rings. The van der Waals surface area contributed by atoms with Gasteiger partial charge in [-0.25, -0.2) is 4.98 Å². The Balaban J connectivity index is 2.52. The molecule has 1 aromatic heterocycles. The number of rotatable bonds is 5. The number of nitrogens with zero attached hydrogens (tertiary/aromatic N) is 2. The van der Waals surface area contributed by atoms with Crippen LogP contribution < -0.4 is 5.73 Å². The van der Waals surface area contributed by atoms with Crippen LogP contribution in [-0.4, -0.2) is 21.9 Å². The number of carbonyl (C=O) groups excluding carboxylic acids is 1. The van der Waals surface area contributed by atoms with Gasteiger partial charge in [0, 0.05) is 44.2 Å². The first-order valence-corrected chi connectivity index (χ1v) is 5.17. The van der Waals surface area contributed by atoms with Gasteiger partial charge in [-0.3, -0.25) is 4.79 Å². The molecule has 84 valence electrons. The lowest BCUT2D eigenvalue weighted by Gasteiger charge is -2.20. The van der Waals surface area contributed by atoms with Gasteiger partial charge in [0.1, 0.15) is 11.6 Å². The summed E-state index contributed by atoms with van der Waals surface area (Å²) in [6, 6.07) is 0. The van der Waals surface area contributed by atoms with Gasteiger partial charge in [-0.15, -0.1) is 0 Å². The van der Waals surface area contributed by atoms with Crippen molar-refractivity contribution in [3.63, 3.8) is 0 Å². The predicted octanol–water partition coefficient (Wildman–Crippen LogP) is 0.907. The normalized spacial score (nSPS) is 11.7. The second kappa shape index (κ2) is 4.57. The third kappa shape index (κ3) is 2.89. The quantitative estimate of drug-likeness (QED) is 0.784. The summed E-state index contributed by atoms with van der Waals surface area (Å²) in [5.41, 5.74) is 5.13. The number of hydrogen-bond donors (Lipinski definition) is 1. The molecule has 0 fully saturated rings. The summed E-state index contributed by atoms with van der Waals surface area (Å²) in [6.07, 6.45) is 4.82. The van der Waals surface area contributed by atoms with Crippen LogP contribution in [0.5, 0.6) is 0 Å². The van der Waals surface area contributed by atoms with Crippen molar-refractivity contribution in [3.8, 4) is 0 Å². The van der Waals surface area contributed by atoms with E-state index >= 15 is 0 Å². The molecule has 0 saturated heterocycles. The Bertz CT molecular complexity index is 341. The zero-order valence-corrected chi connectivity index (χ0v) is 9.66. The third-order valence-electron chi connectivity index (χ3n) is 2.76. The number of ketones is 1. The van der Waals surface area contributed by atoms with E-state index in [9.17, 15) is 4.79 Å². The molecule has 0 radical (unpaired) electrons. The van der Waals surface area contributed by atoms with Gasteiger partial charge in [0.05, 0.1) is 0 Å². The molecule has 0 saturated carbocycles. The van der Waals surface area contributed by atoms with Crippen LogP contribution in [0.25, 0.3) is 0 Å². The number of aromatic nitrogens is 2. The lowest BCUT2D eigenvalue weighted by Crippen LogP contribution is -2.33. The van der Waals surface area contributed by atoms with Crippen molar-refractivity contribution in [2.45, 2.75) is 26.7 Å². The topological polar surface area (TPSA) is 60.9 Å². The zero-order valence-electron chi connectivity index (χ0n) is 9.66. The molecule has 0 bridgehead atoms. The van der Waals surface area contributed by atoms with Crippen LogP contribution in [0.2, 0.25) is 0 Å². The van der Waals surface area contributed by atoms with Gasteiger partial charge in [-0.05, 0) is 0 Å². The average Bonchev–Trinajstić information content (AvgIpc) is 2.60. The second-order valence-electron chi connectivity index (χ2n) is 4.47. The summed E-state index contributed by atoms with van der Waals surface area (Å²) in [6.45, 7) is 4.16. The third-order valence-corrected chi connectivity index (χ3v) is 2.76. The minimum absolute atomic E-state index is 0.202. The Morgan fingerprint density at radius 1 is 1.60 bits per heavy atom. The van der Waals surface area contributed by atoms with Crippen LogP contribution in [0.1, 0.15) is 26.1 Å². The highest BCUT2D eigenvalue weighted by atomic mass is 16.1. The van der Waals surface area contributed by atoms with E-state index < -0.39 is 5.41 Å². The Morgan fingerprint density at radius 3 is 2.73 bits per heavy atom. The van der Waals surface area contributed by atoms with Crippen molar-refractivity contribution in [1.82, 2.24) is 9.55 Å². The number of aryl methyl sites for hydroxylation is 2. The van der Waals surface area contributed by atoms with Gasteiger partial charge < -0.3 is 10.3 Å². The van der Waals surface area contributed by atoms with Gasteiger partial charge in [-0.1, -0.05) is 13.8 Å². The van der Waals surface area contributed by atoms with Gasteiger partial charge in [0.2, 0.25) is 0 Å². The molecule has 4 nitrogen and oxygen atoms in total. The second-order valence-corrected chi connectivity index (χ2v) is 4.47. The minimum atomic E-state index is -0.412. The maximum Gasteiger partial charge on any atom is 0.140 e. The summed E-state index contributed by atoms with van der Waals surface area (Å²) >= 11 is 0. The molecule has 0 aliphatic heterocycles. The van der Waals surface area contributed by atoms with Crippen LogP contribution in [0.15, 0.2) is 12.4 Å². The minimum Gasteiger partial charge on any atom is -0.338 e. The largest absolute Gasteiger partial charge is 0.338 e. The molecule has 1 heterocycles. The van der Waals surface area contributed by atoms with Crippen molar-refractivity contribution < 1.29 is 4.79 Å². The summed E-state index contributed by atoms with van der Waals surface area (Å²) in [5, 5.41) is 0. The van der Waals surface area contributed by atoms with Crippen molar-refractivity contribution in [2.24, 2.45) is 18.2 Å². The van der Waals surface area contributed by atoms with E-state index in [1.165, 1.54) is 0 Å². The monoisotopic (exact) mass is 209 g/mol. The standard InChI is InChI=1S/C11H19N3O/c1-11(2,8-12)9(15)4-5-10-13-6-7-14(10)3/h6-7H,4-5,8,12H2,1-3H3. The lowest BCUT2D eigenvalue weighted by atomic mass is 9.86. The first kappa shape index (κ1) is 11.9. The number of imidazole rings is 1. The molecule has 2 N–H and O–H groups in total. The van der Waals surface area contributed by atoms with E-state index in [2.05, 4.69) is 4.98 Å². The highest BCUT2D eigenvalue weighted by molar-refractivity contribution is 5.84. The van der Waals surface area contributed by atoms with Crippen LogP contribution in [0.3, 0.4) is 0 Å². The average molecular weight is 209 g/mol. The Labute approximate surface area is 90.5 Å². The van der Waals surface area contributed by atoms with Gasteiger partial charge in [0.15, 0.2) is 0 Å². The Kier molecular flexibility index (Phi) is 3.63. The Hall–Kier alpha value is -1.16. The predicted molar refractivity (Wildman–Crippen MR) is 59.4 cm³/mol. The van der Waals surface area contributed by atoms with Gasteiger partial charge >= 0.3 is 0 Å². The fourth-order valence-electron chi connectivity index (χ4n) is 1.31. The van der Waals surface area contributed by atoms with Crippen LogP contribution in [-0.2, 0) is 18.3 Å². The summed E-state index contributed by atoms with van der Waals surface area (Å²) in [5.74, 6) is 1.14. The first-order chi connectivity index (χ1) is 6.97. The molecule has 0 spiro atoms. The van der Waals surface area contributed by atoms with Crippen molar-refractivity contribution in [2.75, 3.05) is 6.54 Å². The molecule has 4 heteroatoms. The number of hydrogen-bond acceptors (Lipinski definition) is 3. The highest BCUT2D eigenvalue weighted by Crippen LogP contribution is 2.17. The molecular weight excluding hydrogens is 190 g/mol. The van der Waals surface area contributed by atoms with E-state index in [0.717, 1.165) is 5.82 Å². The molecule has 0 unspecified atom stereocenters. The van der Waals surface area contributed by atoms with Crippen LogP contribution in [0.4, 0.5) is 0 Å². The highest BCUT2D eigenvalue weighted by Gasteiger charge is 2.25. The summed E-state index contributed by atoms with van der Waals surface area (Å²) < 4.78 is 1.93. The molecule has 0 aliphatic carbocycles. The van der Waals surface area contributed by atoms with Gasteiger partial charge in [-0.2, -0.15) is 0 Å². The van der Waals surface area contributed by atoms with Crippen molar-refractivity contribution in [3.05, 3.63) is 18.2 Å². The first-order valence-electron chi connectivity index (χ1n) is 5.17. The van der Waals surface area contributed by atoms with Crippen molar-refractivity contribution >= 4 is 5.78 Å². The van der Waals surface area contributed by atoms with E-state index in [1.54, 1.807) is 6.20 Å². The van der Waals surface area contributed by atoms with Crippen LogP contribution in [0, 0.1) is 5.41 Å². The SMILES string of the molecule is Cn1ccnc1CCC(=O)C(C)(C)CN. The molecule has 0 aromatic carbocycles. The summed E-state index contributed by atoms with van der Waals surface area (Å²) in [4.78, 5) is 16.0. The number of Topliss-reactive ketones (excluding diaryl/α,β-unsaturated/α-hetero) is 1. The molecule has 0 amide bonds. The zero-order chi connectivity index (χ0) is 11.5. The van der Waals surface area contributed by atoms with E-state index in [1.807, 2.05) is 31.7 Å².